The van der Waals surface area contributed by atoms with Crippen LogP contribution >= 0.6 is 0 Å². The van der Waals surface area contributed by atoms with Gasteiger partial charge in [-0.15, -0.1) is 0 Å². The van der Waals surface area contributed by atoms with Gasteiger partial charge in [-0.3, -0.25) is 0 Å². The third-order valence-electron chi connectivity index (χ3n) is 2.92. The molecule has 3 rings (SSSR count). The molecule has 0 amide bonds. The van der Waals surface area contributed by atoms with Crippen LogP contribution in [0.5, 0.6) is 0 Å². The van der Waals surface area contributed by atoms with Gasteiger partial charge in [0.25, 0.3) is 0 Å². The second-order valence-electron chi connectivity index (χ2n) is 4.30. The molecule has 5 heteroatoms. The number of fused-ring (bicyclic) bond motifs is 1. The average Bonchev–Trinajstić information content (AvgIpc) is 2.91. The van der Waals surface area contributed by atoms with Gasteiger partial charge in [-0.25, -0.2) is 9.78 Å². The summed E-state index contributed by atoms with van der Waals surface area (Å²) in [6.45, 7) is 3.65. The predicted octanol–water partition coefficient (Wildman–Crippen LogP) is 3.40. The zero-order chi connectivity index (χ0) is 13.6. The zero-order valence-corrected chi connectivity index (χ0v) is 10.4. The molecule has 0 saturated carbocycles. The third kappa shape index (κ3) is 1.79. The Labute approximate surface area is 108 Å². The molecule has 0 radical (unpaired) electrons. The standard InChI is InChI=1S/C14H11NO4/c1-7-6-10(8(2)18-7)13-15-12-9(14(16)17)4-3-5-11(12)19-13/h3-6H,1-2H3,(H,16,17). The van der Waals surface area contributed by atoms with Crippen molar-refractivity contribution < 1.29 is 18.7 Å². The number of oxazole rings is 1. The number of benzene rings is 1. The van der Waals surface area contributed by atoms with Crippen molar-refractivity contribution >= 4 is 17.1 Å². The van der Waals surface area contributed by atoms with Gasteiger partial charge in [-0.2, -0.15) is 0 Å². The van der Waals surface area contributed by atoms with Crippen molar-refractivity contribution in [3.05, 3.63) is 41.3 Å². The lowest BCUT2D eigenvalue weighted by Crippen LogP contribution is -1.96. The van der Waals surface area contributed by atoms with Gasteiger partial charge in [0.05, 0.1) is 11.1 Å². The van der Waals surface area contributed by atoms with E-state index in [2.05, 4.69) is 4.98 Å². The fourth-order valence-corrected chi connectivity index (χ4v) is 2.08. The highest BCUT2D eigenvalue weighted by atomic mass is 16.4. The van der Waals surface area contributed by atoms with Crippen LogP contribution in [0, 0.1) is 13.8 Å². The highest BCUT2D eigenvalue weighted by molar-refractivity contribution is 6.00. The molecule has 2 aromatic heterocycles. The zero-order valence-electron chi connectivity index (χ0n) is 10.4. The molecule has 3 aromatic rings. The fraction of sp³-hybridized carbons (Fsp3) is 0.143. The molecule has 0 bridgehead atoms. The van der Waals surface area contributed by atoms with Crippen molar-refractivity contribution in [3.63, 3.8) is 0 Å². The molecule has 0 aliphatic rings. The van der Waals surface area contributed by atoms with Gasteiger partial charge in [0.2, 0.25) is 5.89 Å². The molecule has 0 spiro atoms. The molecule has 0 saturated heterocycles. The molecule has 19 heavy (non-hydrogen) atoms. The summed E-state index contributed by atoms with van der Waals surface area (Å²) in [5.41, 5.74) is 1.67. The third-order valence-corrected chi connectivity index (χ3v) is 2.92. The quantitative estimate of drug-likeness (QED) is 0.761. The maximum absolute atomic E-state index is 11.1. The van der Waals surface area contributed by atoms with Gasteiger partial charge in [0.1, 0.15) is 17.0 Å². The molecule has 0 unspecified atom stereocenters. The topological polar surface area (TPSA) is 76.5 Å². The summed E-state index contributed by atoms with van der Waals surface area (Å²) in [5.74, 6) is 0.803. The number of rotatable bonds is 2. The monoisotopic (exact) mass is 257 g/mol. The Bertz CT molecular complexity index is 782. The van der Waals surface area contributed by atoms with Crippen molar-refractivity contribution in [2.24, 2.45) is 0 Å². The van der Waals surface area contributed by atoms with Crippen LogP contribution in [0.4, 0.5) is 0 Å². The average molecular weight is 257 g/mol. The van der Waals surface area contributed by atoms with Crippen molar-refractivity contribution in [2.75, 3.05) is 0 Å². The maximum Gasteiger partial charge on any atom is 0.338 e. The molecule has 0 fully saturated rings. The first-order chi connectivity index (χ1) is 9.06. The Kier molecular flexibility index (Phi) is 2.41. The van der Waals surface area contributed by atoms with E-state index in [1.807, 2.05) is 19.9 Å². The van der Waals surface area contributed by atoms with Crippen LogP contribution in [0.2, 0.25) is 0 Å². The number of nitrogens with zero attached hydrogens (tertiary/aromatic N) is 1. The molecular formula is C14H11NO4. The maximum atomic E-state index is 11.1. The molecule has 2 heterocycles. The minimum Gasteiger partial charge on any atom is -0.478 e. The number of hydrogen-bond acceptors (Lipinski definition) is 4. The number of carboxylic acid groups (broad SMARTS) is 1. The Morgan fingerprint density at radius 1 is 1.26 bits per heavy atom. The van der Waals surface area contributed by atoms with Crippen LogP contribution < -0.4 is 0 Å². The number of para-hydroxylation sites is 1. The highest BCUT2D eigenvalue weighted by Crippen LogP contribution is 2.30. The number of aryl methyl sites for hydroxylation is 2. The van der Waals surface area contributed by atoms with Gasteiger partial charge in [0, 0.05) is 0 Å². The molecule has 0 aliphatic carbocycles. The van der Waals surface area contributed by atoms with Gasteiger partial charge in [0.15, 0.2) is 5.58 Å². The van der Waals surface area contributed by atoms with Gasteiger partial charge in [-0.05, 0) is 32.0 Å². The largest absolute Gasteiger partial charge is 0.478 e. The molecule has 0 atom stereocenters. The number of carboxylic acids is 1. The number of furan rings is 1. The Balaban J connectivity index is 2.25. The first-order valence-electron chi connectivity index (χ1n) is 5.76. The summed E-state index contributed by atoms with van der Waals surface area (Å²) in [4.78, 5) is 15.4. The lowest BCUT2D eigenvalue weighted by Gasteiger charge is -1.92. The Hall–Kier alpha value is -2.56. The second-order valence-corrected chi connectivity index (χ2v) is 4.30. The molecule has 5 nitrogen and oxygen atoms in total. The van der Waals surface area contributed by atoms with E-state index in [1.165, 1.54) is 6.07 Å². The lowest BCUT2D eigenvalue weighted by molar-refractivity contribution is 0.0699. The lowest BCUT2D eigenvalue weighted by atomic mass is 10.2. The summed E-state index contributed by atoms with van der Waals surface area (Å²) >= 11 is 0. The van der Waals surface area contributed by atoms with E-state index in [0.29, 0.717) is 22.8 Å². The summed E-state index contributed by atoms with van der Waals surface area (Å²) in [5, 5.41) is 9.12. The molecule has 96 valence electrons. The molecule has 1 aromatic carbocycles. The molecule has 1 N–H and O–H groups in total. The van der Waals surface area contributed by atoms with Crippen molar-refractivity contribution in [1.82, 2.24) is 4.98 Å². The summed E-state index contributed by atoms with van der Waals surface area (Å²) in [6.07, 6.45) is 0. The smallest absolute Gasteiger partial charge is 0.338 e. The Morgan fingerprint density at radius 2 is 2.05 bits per heavy atom. The normalized spacial score (nSPS) is 11.1. The summed E-state index contributed by atoms with van der Waals surface area (Å²) in [6, 6.07) is 6.65. The first kappa shape index (κ1) is 11.5. The van der Waals surface area contributed by atoms with E-state index in [9.17, 15) is 4.79 Å². The van der Waals surface area contributed by atoms with Crippen molar-refractivity contribution in [2.45, 2.75) is 13.8 Å². The minimum atomic E-state index is -1.02. The predicted molar refractivity (Wildman–Crippen MR) is 68.1 cm³/mol. The minimum absolute atomic E-state index is 0.130. The van der Waals surface area contributed by atoms with Crippen LogP contribution in [0.25, 0.3) is 22.6 Å². The van der Waals surface area contributed by atoms with E-state index in [0.717, 1.165) is 11.3 Å². The van der Waals surface area contributed by atoms with Crippen molar-refractivity contribution in [3.8, 4) is 11.5 Å². The SMILES string of the molecule is Cc1cc(-c2nc3c(C(=O)O)cccc3o2)c(C)o1. The number of aromatic carboxylic acids is 1. The van der Waals surface area contributed by atoms with Crippen LogP contribution in [-0.4, -0.2) is 16.1 Å². The van der Waals surface area contributed by atoms with E-state index in [1.54, 1.807) is 12.1 Å². The van der Waals surface area contributed by atoms with E-state index < -0.39 is 5.97 Å². The number of hydrogen-bond donors (Lipinski definition) is 1. The molecular weight excluding hydrogens is 246 g/mol. The summed E-state index contributed by atoms with van der Waals surface area (Å²) in [7, 11) is 0. The number of aromatic nitrogens is 1. The van der Waals surface area contributed by atoms with Gasteiger partial charge >= 0.3 is 5.97 Å². The van der Waals surface area contributed by atoms with Gasteiger partial charge in [-0.1, -0.05) is 6.07 Å². The van der Waals surface area contributed by atoms with E-state index in [-0.39, 0.29) is 5.56 Å². The van der Waals surface area contributed by atoms with E-state index >= 15 is 0 Å². The first-order valence-corrected chi connectivity index (χ1v) is 5.76. The summed E-state index contributed by atoms with van der Waals surface area (Å²) < 4.78 is 11.0. The number of carbonyl (C=O) groups is 1. The van der Waals surface area contributed by atoms with Crippen LogP contribution in [-0.2, 0) is 0 Å². The van der Waals surface area contributed by atoms with Crippen LogP contribution in [0.3, 0.4) is 0 Å². The van der Waals surface area contributed by atoms with E-state index in [4.69, 9.17) is 13.9 Å². The Morgan fingerprint density at radius 3 is 2.68 bits per heavy atom. The van der Waals surface area contributed by atoms with Crippen LogP contribution in [0.1, 0.15) is 21.9 Å². The highest BCUT2D eigenvalue weighted by Gasteiger charge is 2.18. The van der Waals surface area contributed by atoms with Crippen LogP contribution in [0.15, 0.2) is 33.1 Å². The molecule has 0 aliphatic heterocycles. The fourth-order valence-electron chi connectivity index (χ4n) is 2.08. The second kappa shape index (κ2) is 3.98. The van der Waals surface area contributed by atoms with Crippen molar-refractivity contribution in [1.29, 1.82) is 0 Å². The van der Waals surface area contributed by atoms with Gasteiger partial charge < -0.3 is 13.9 Å².